The van der Waals surface area contributed by atoms with E-state index in [1.165, 1.54) is 0 Å². The number of benzene rings is 2. The van der Waals surface area contributed by atoms with Crippen LogP contribution < -0.4 is 4.90 Å². The number of halogens is 1. The van der Waals surface area contributed by atoms with E-state index in [9.17, 15) is 5.11 Å². The molecule has 0 aliphatic rings. The highest BCUT2D eigenvalue weighted by atomic mass is 79.9. The first-order valence-electron chi connectivity index (χ1n) is 6.69. The van der Waals surface area contributed by atoms with Gasteiger partial charge in [-0.1, -0.05) is 18.2 Å². The van der Waals surface area contributed by atoms with Crippen molar-refractivity contribution in [2.45, 2.75) is 19.6 Å². The van der Waals surface area contributed by atoms with Crippen molar-refractivity contribution in [2.24, 2.45) is 0 Å². The van der Waals surface area contributed by atoms with Crippen LogP contribution in [0.1, 0.15) is 29.7 Å². The molecule has 0 radical (unpaired) electrons. The lowest BCUT2D eigenvalue weighted by atomic mass is 10.1. The van der Waals surface area contributed by atoms with Crippen molar-refractivity contribution in [1.82, 2.24) is 0 Å². The van der Waals surface area contributed by atoms with Crippen molar-refractivity contribution in [3.05, 3.63) is 63.6 Å². The first kappa shape index (κ1) is 15.6. The van der Waals surface area contributed by atoms with Gasteiger partial charge in [0, 0.05) is 18.1 Å². The van der Waals surface area contributed by atoms with Gasteiger partial charge in [0.2, 0.25) is 0 Å². The first-order valence-corrected chi connectivity index (χ1v) is 7.48. The fourth-order valence-electron chi connectivity index (χ4n) is 2.19. The largest absolute Gasteiger partial charge is 0.389 e. The van der Waals surface area contributed by atoms with Crippen molar-refractivity contribution in [3.8, 4) is 6.07 Å². The van der Waals surface area contributed by atoms with Crippen LogP contribution in [0.15, 0.2) is 46.9 Å². The highest BCUT2D eigenvalue weighted by Crippen LogP contribution is 2.29. The van der Waals surface area contributed by atoms with E-state index in [1.807, 2.05) is 43.4 Å². The second kappa shape index (κ2) is 6.75. The predicted molar refractivity (Wildman–Crippen MR) is 88.0 cm³/mol. The van der Waals surface area contributed by atoms with Gasteiger partial charge in [-0.15, -0.1) is 0 Å². The molecule has 1 N–H and O–H groups in total. The summed E-state index contributed by atoms with van der Waals surface area (Å²) in [6, 6.07) is 15.6. The van der Waals surface area contributed by atoms with Crippen LogP contribution in [0.2, 0.25) is 0 Å². The Bertz CT molecular complexity index is 677. The standard InChI is InChI=1S/C17H17BrN2O/c1-12(21)15-6-7-17(16(18)9-15)20(2)11-14-5-3-4-13(8-14)10-19/h3-9,12,21H,11H2,1-2H3. The summed E-state index contributed by atoms with van der Waals surface area (Å²) in [6.07, 6.45) is -0.479. The number of hydrogen-bond donors (Lipinski definition) is 1. The zero-order valence-electron chi connectivity index (χ0n) is 12.0. The predicted octanol–water partition coefficient (Wildman–Crippen LogP) is 4.01. The molecular formula is C17H17BrN2O. The van der Waals surface area contributed by atoms with Gasteiger partial charge >= 0.3 is 0 Å². The molecule has 21 heavy (non-hydrogen) atoms. The van der Waals surface area contributed by atoms with Gasteiger partial charge in [0.1, 0.15) is 0 Å². The molecule has 0 aromatic heterocycles. The van der Waals surface area contributed by atoms with Crippen LogP contribution in [-0.4, -0.2) is 12.2 Å². The Morgan fingerprint density at radius 3 is 2.67 bits per heavy atom. The van der Waals surface area contributed by atoms with Crippen LogP contribution in [0, 0.1) is 11.3 Å². The lowest BCUT2D eigenvalue weighted by Crippen LogP contribution is -2.17. The van der Waals surface area contributed by atoms with Gasteiger partial charge in [0.25, 0.3) is 0 Å². The Morgan fingerprint density at radius 1 is 1.29 bits per heavy atom. The van der Waals surface area contributed by atoms with Crippen LogP contribution in [0.3, 0.4) is 0 Å². The molecule has 0 aliphatic carbocycles. The van der Waals surface area contributed by atoms with E-state index < -0.39 is 6.10 Å². The molecule has 2 aromatic rings. The molecule has 1 atom stereocenters. The monoisotopic (exact) mass is 344 g/mol. The molecule has 3 nitrogen and oxygen atoms in total. The quantitative estimate of drug-likeness (QED) is 0.911. The fourth-order valence-corrected chi connectivity index (χ4v) is 2.89. The maximum Gasteiger partial charge on any atom is 0.0991 e. The van der Waals surface area contributed by atoms with Gasteiger partial charge in [-0.2, -0.15) is 5.26 Å². The average Bonchev–Trinajstić information content (AvgIpc) is 2.47. The number of rotatable bonds is 4. The zero-order valence-corrected chi connectivity index (χ0v) is 13.6. The van der Waals surface area contributed by atoms with Gasteiger partial charge in [0.15, 0.2) is 0 Å². The molecular weight excluding hydrogens is 328 g/mol. The molecule has 108 valence electrons. The number of anilines is 1. The Morgan fingerprint density at radius 2 is 2.05 bits per heavy atom. The van der Waals surface area contributed by atoms with Gasteiger partial charge in [-0.05, 0) is 58.2 Å². The molecule has 0 heterocycles. The minimum absolute atomic E-state index is 0.479. The normalized spacial score (nSPS) is 11.8. The van der Waals surface area contributed by atoms with Crippen LogP contribution in [0.4, 0.5) is 5.69 Å². The van der Waals surface area contributed by atoms with Crippen molar-refractivity contribution >= 4 is 21.6 Å². The number of aliphatic hydroxyl groups excluding tert-OH is 1. The molecule has 0 amide bonds. The summed E-state index contributed by atoms with van der Waals surface area (Å²) in [5.41, 5.74) is 3.68. The second-order valence-corrected chi connectivity index (χ2v) is 5.91. The summed E-state index contributed by atoms with van der Waals surface area (Å²) in [6.45, 7) is 2.46. The minimum Gasteiger partial charge on any atom is -0.389 e. The smallest absolute Gasteiger partial charge is 0.0991 e. The lowest BCUT2D eigenvalue weighted by Gasteiger charge is -2.22. The summed E-state index contributed by atoms with van der Waals surface area (Å²) in [7, 11) is 2.00. The van der Waals surface area contributed by atoms with Gasteiger partial charge < -0.3 is 10.0 Å². The third-order valence-electron chi connectivity index (χ3n) is 3.34. The molecule has 2 aromatic carbocycles. The van der Waals surface area contributed by atoms with E-state index in [0.29, 0.717) is 12.1 Å². The maximum atomic E-state index is 9.61. The topological polar surface area (TPSA) is 47.3 Å². The van der Waals surface area contributed by atoms with E-state index in [1.54, 1.807) is 13.0 Å². The lowest BCUT2D eigenvalue weighted by molar-refractivity contribution is 0.199. The number of nitriles is 1. The van der Waals surface area contributed by atoms with Crippen LogP contribution in [-0.2, 0) is 6.54 Å². The summed E-state index contributed by atoms with van der Waals surface area (Å²) < 4.78 is 0.944. The molecule has 0 spiro atoms. The van der Waals surface area contributed by atoms with Gasteiger partial charge in [-0.25, -0.2) is 0 Å². The molecule has 0 bridgehead atoms. The zero-order chi connectivity index (χ0) is 15.4. The average molecular weight is 345 g/mol. The van der Waals surface area contributed by atoms with Crippen LogP contribution in [0.5, 0.6) is 0 Å². The molecule has 0 saturated heterocycles. The number of aliphatic hydroxyl groups is 1. The van der Waals surface area contributed by atoms with Crippen molar-refractivity contribution < 1.29 is 5.11 Å². The fraction of sp³-hybridized carbons (Fsp3) is 0.235. The van der Waals surface area contributed by atoms with Crippen LogP contribution in [0.25, 0.3) is 0 Å². The minimum atomic E-state index is -0.479. The van der Waals surface area contributed by atoms with E-state index in [-0.39, 0.29) is 0 Å². The molecule has 1 unspecified atom stereocenters. The van der Waals surface area contributed by atoms with E-state index >= 15 is 0 Å². The summed E-state index contributed by atoms with van der Waals surface area (Å²) in [4.78, 5) is 2.10. The van der Waals surface area contributed by atoms with Crippen molar-refractivity contribution in [3.63, 3.8) is 0 Å². The summed E-state index contributed by atoms with van der Waals surface area (Å²) >= 11 is 3.55. The Balaban J connectivity index is 2.20. The van der Waals surface area contributed by atoms with E-state index in [2.05, 4.69) is 26.9 Å². The number of hydrogen-bond acceptors (Lipinski definition) is 3. The SMILES string of the molecule is CC(O)c1ccc(N(C)Cc2cccc(C#N)c2)c(Br)c1. The molecule has 2 rings (SSSR count). The molecule has 4 heteroatoms. The van der Waals surface area contributed by atoms with Crippen LogP contribution >= 0.6 is 15.9 Å². The summed E-state index contributed by atoms with van der Waals surface area (Å²) in [5, 5.41) is 18.6. The Hall–Kier alpha value is -1.83. The molecule has 0 saturated carbocycles. The van der Waals surface area contributed by atoms with Crippen molar-refractivity contribution in [1.29, 1.82) is 5.26 Å². The van der Waals surface area contributed by atoms with E-state index in [0.717, 1.165) is 21.3 Å². The van der Waals surface area contributed by atoms with Gasteiger partial charge in [-0.3, -0.25) is 0 Å². The molecule has 0 aliphatic heterocycles. The second-order valence-electron chi connectivity index (χ2n) is 5.06. The third kappa shape index (κ3) is 3.84. The summed E-state index contributed by atoms with van der Waals surface area (Å²) in [5.74, 6) is 0. The Labute approximate surface area is 133 Å². The van der Waals surface area contributed by atoms with E-state index in [4.69, 9.17) is 5.26 Å². The van der Waals surface area contributed by atoms with Gasteiger partial charge in [0.05, 0.1) is 23.4 Å². The number of nitrogens with zero attached hydrogens (tertiary/aromatic N) is 2. The Kier molecular flexibility index (Phi) is 5.00. The third-order valence-corrected chi connectivity index (χ3v) is 3.98. The first-order chi connectivity index (χ1) is 10.0. The van der Waals surface area contributed by atoms with Crippen molar-refractivity contribution in [2.75, 3.05) is 11.9 Å². The maximum absolute atomic E-state index is 9.61. The highest BCUT2D eigenvalue weighted by Gasteiger charge is 2.09. The highest BCUT2D eigenvalue weighted by molar-refractivity contribution is 9.10. The molecule has 0 fully saturated rings.